The van der Waals surface area contributed by atoms with Crippen LogP contribution in [-0.2, 0) is 1040 Å². The molecular weight excluding hydrogens is 3750 g/mol. The lowest BCUT2D eigenvalue weighted by molar-refractivity contribution is 5.95. The smallest absolute Gasteiger partial charge is 0 e. The molecule has 0 N–H and O–H groups in total. The molecular formula is S117. The Morgan fingerprint density at radius 2 is 0.0684 bits per heavy atom. The maximum atomic E-state index is 4.83. The fraction of sp³-hybridized carbons (Fsp3) is 0. The van der Waals surface area contributed by atoms with Crippen LogP contribution in [-0.4, -0.2) is 0 Å². The summed E-state index contributed by atoms with van der Waals surface area (Å²) in [6.45, 7) is 0. The summed E-state index contributed by atoms with van der Waals surface area (Å²) in [5, 5.41) is 0. The normalized spacial score (nSPS) is 7.90. The van der Waals surface area contributed by atoms with E-state index in [2.05, 4.69) is 0 Å². The maximum Gasteiger partial charge on any atom is 0 e. The molecule has 117 heavy (non-hydrogen) atoms. The van der Waals surface area contributed by atoms with E-state index in [-0.39, 0.29) is 0 Å². The Bertz CT molecular complexity index is 8800. The molecule has 0 aliphatic heterocycles. The first-order valence-electron chi connectivity index (χ1n) is 19.3. The van der Waals surface area contributed by atoms with Crippen molar-refractivity contribution >= 4 is 1040 Å². The van der Waals surface area contributed by atoms with Crippen molar-refractivity contribution in [3.63, 3.8) is 0 Å². The predicted molar refractivity (Wildman–Crippen MR) is 862 cm³/mol. The number of rotatable bonds is 0. The van der Waals surface area contributed by atoms with E-state index in [4.69, 9.17) is 22.4 Å². The van der Waals surface area contributed by atoms with Crippen LogP contribution < -0.4 is 0 Å². The fourth-order valence-electron chi connectivity index (χ4n) is 1.28. The van der Waals surface area contributed by atoms with E-state index < -0.39 is 0 Å². The van der Waals surface area contributed by atoms with Crippen LogP contribution in [0.3, 0.4) is 0 Å². The highest BCUT2D eigenvalue weighted by molar-refractivity contribution is 8.89. The SMILES string of the molecule is S=S=S=S=S=S=S=S=S=S=S=S=S=S=S=S=S=S=S=S=S=S=S=S=S=S=S=S=S=S=S=S=S=S=S=S=S=S=S=S=S=S=S=S=S=S=S=S=S=S=S=S=S=S=S=S=S=S=S=S=S=S=S=S=S=S=S=S=S=S=S=S=S=S=S=S=S=S=S=S=S=S=S=S=S=S=S=S=S=S=S=S=S=S=S=S=S=S=S=S=S=S=S=S=S=S=S=S=S=S=S=S=S=S=S=S=S. The van der Waals surface area contributed by atoms with Crippen LogP contribution in [0, 0.1) is 0 Å². The van der Waals surface area contributed by atoms with E-state index in [1.54, 1.807) is 107 Å². The van der Waals surface area contributed by atoms with Crippen LogP contribution in [0.25, 0.3) is 0 Å². The highest BCUT2D eigenvalue weighted by Crippen LogP contribution is 1.52. The first kappa shape index (κ1) is 143. The second kappa shape index (κ2) is 142. The first-order valence-corrected chi connectivity index (χ1v) is 174. The molecule has 0 aromatic carbocycles. The Morgan fingerprint density at radius 1 is 0.0427 bits per heavy atom. The Labute approximate surface area is 1010 Å². The van der Waals surface area contributed by atoms with Gasteiger partial charge in [0.25, 0.3) is 0 Å². The summed E-state index contributed by atoms with van der Waals surface area (Å²) >= 11 is 9.67. The van der Waals surface area contributed by atoms with Crippen LogP contribution in [0.15, 0.2) is 0 Å². The molecule has 0 bridgehead atoms. The van der Waals surface area contributed by atoms with Gasteiger partial charge in [-0.2, -0.15) is 0 Å². The van der Waals surface area contributed by atoms with E-state index in [1.807, 2.05) is 897 Å². The van der Waals surface area contributed by atoms with Crippen molar-refractivity contribution in [2.75, 3.05) is 0 Å². The summed E-state index contributed by atoms with van der Waals surface area (Å²) in [5.41, 5.74) is 0. The molecule has 117 heteroatoms. The van der Waals surface area contributed by atoms with Crippen molar-refractivity contribution < 1.29 is 0 Å². The molecule has 0 amide bonds. The van der Waals surface area contributed by atoms with Crippen LogP contribution in [0.5, 0.6) is 0 Å². The third-order valence-corrected chi connectivity index (χ3v) is 256. The van der Waals surface area contributed by atoms with Gasteiger partial charge in [-0.15, -0.1) is 0 Å². The molecule has 0 aliphatic carbocycles. The molecule has 0 heterocycles. The minimum absolute atomic E-state index is 1.37. The van der Waals surface area contributed by atoms with Gasteiger partial charge in [0.15, 0.2) is 0 Å². The summed E-state index contributed by atoms with van der Waals surface area (Å²) in [6.07, 6.45) is 0. The van der Waals surface area contributed by atoms with Gasteiger partial charge in [0.1, 0.15) is 0 Å². The van der Waals surface area contributed by atoms with E-state index in [0.29, 0.717) is 0 Å². The van der Waals surface area contributed by atoms with Crippen LogP contribution >= 0.6 is 0 Å². The van der Waals surface area contributed by atoms with E-state index in [9.17, 15) is 0 Å². The number of hydrogen-bond donors (Lipinski definition) is 0. The van der Waals surface area contributed by atoms with Gasteiger partial charge >= 0.3 is 0 Å². The Kier molecular flexibility index (Phi) is 173. The highest BCUT2D eigenvalue weighted by atomic mass is 33.6. The molecule has 0 saturated carbocycles. The van der Waals surface area contributed by atoms with E-state index in [0.717, 1.165) is 0 Å². The monoisotopic (exact) mass is 3740 g/mol. The van der Waals surface area contributed by atoms with Gasteiger partial charge in [0.2, 0.25) is 0 Å². The van der Waals surface area contributed by atoms with Crippen LogP contribution in [0.4, 0.5) is 0 Å². The third-order valence-electron chi connectivity index (χ3n) is 3.17. The molecule has 0 fully saturated rings. The van der Waals surface area contributed by atoms with Gasteiger partial charge in [-0.1, -0.05) is 0 Å². The average molecular weight is 3750 g/mol. The predicted octanol–water partition coefficient (Wildman–Crippen LogP) is -0.281. The molecule has 0 aromatic heterocycles. The van der Waals surface area contributed by atoms with Crippen LogP contribution in [0.2, 0.25) is 0 Å². The Balaban J connectivity index is 6.20. The van der Waals surface area contributed by atoms with Crippen molar-refractivity contribution in [2.45, 2.75) is 0 Å². The lowest BCUT2D eigenvalue weighted by Gasteiger charge is -1.41. The summed E-state index contributed by atoms with van der Waals surface area (Å²) in [4.78, 5) is 0. The third kappa shape index (κ3) is 142. The molecule has 0 spiro atoms. The molecule has 0 rings (SSSR count). The molecule has 0 nitrogen and oxygen atoms in total. The largest absolute Gasteiger partial charge is 0 e. The van der Waals surface area contributed by atoms with Gasteiger partial charge in [0, 0.05) is 1040 Å². The van der Waals surface area contributed by atoms with Crippen molar-refractivity contribution in [1.82, 2.24) is 0 Å². The second-order valence-electron chi connectivity index (χ2n) is 7.82. The van der Waals surface area contributed by atoms with E-state index >= 15 is 0 Å². The summed E-state index contributed by atoms with van der Waals surface area (Å²) < 4.78 is 0. The van der Waals surface area contributed by atoms with Gasteiger partial charge in [-0.3, -0.25) is 0 Å². The lowest BCUT2D eigenvalue weighted by atomic mass is 30.7. The summed E-state index contributed by atoms with van der Waals surface area (Å²) in [7, 11) is 209. The Morgan fingerprint density at radius 3 is 0.0940 bits per heavy atom. The maximum absolute atomic E-state index is 4.83. The minimum Gasteiger partial charge on any atom is 0 e. The van der Waals surface area contributed by atoms with Gasteiger partial charge < -0.3 is 0 Å². The van der Waals surface area contributed by atoms with Gasteiger partial charge in [0.05, 0.1) is 0 Å². The quantitative estimate of drug-likeness (QED) is 0.328. The molecule has 0 unspecified atom stereocenters. The second-order valence-corrected chi connectivity index (χ2v) is 211. The van der Waals surface area contributed by atoms with Crippen molar-refractivity contribution in [1.29, 1.82) is 0 Å². The topological polar surface area (TPSA) is 0 Å². The molecule has 0 radical (unpaired) electrons. The minimum atomic E-state index is 1.37. The molecule has 0 atom stereocenters. The molecule has 0 saturated heterocycles. The zero-order chi connectivity index (χ0) is 83.3. The van der Waals surface area contributed by atoms with Gasteiger partial charge in [-0.25, -0.2) is 0 Å². The van der Waals surface area contributed by atoms with Crippen LogP contribution in [0.1, 0.15) is 0 Å². The van der Waals surface area contributed by atoms with Crippen molar-refractivity contribution in [3.8, 4) is 0 Å². The molecule has 0 aliphatic rings. The van der Waals surface area contributed by atoms with Crippen molar-refractivity contribution in [3.05, 3.63) is 0 Å². The highest BCUT2D eigenvalue weighted by Gasteiger charge is 1.52. The zero-order valence-electron chi connectivity index (χ0n) is 47.8. The zero-order valence-corrected chi connectivity index (χ0v) is 143. The van der Waals surface area contributed by atoms with Gasteiger partial charge in [-0.05, 0) is 0 Å². The fourth-order valence-corrected chi connectivity index (χ4v) is 311. The van der Waals surface area contributed by atoms with E-state index in [1.165, 1.54) is 17.8 Å². The van der Waals surface area contributed by atoms with Crippen molar-refractivity contribution in [2.24, 2.45) is 0 Å². The molecule has 702 valence electrons. The Hall–Kier alpha value is 25.7. The lowest BCUT2D eigenvalue weighted by Crippen LogP contribution is -1.42. The summed E-state index contributed by atoms with van der Waals surface area (Å²) in [6, 6.07) is 0. The molecule has 0 aromatic rings. The average Bonchev–Trinajstić information content (AvgIpc) is 2.46. The standard InChI is InChI=1S/S117/c1-3-5-7-9-11-13-15-17-19-21-23-25-27-29-31-33-35-37-39-41-43-45-47-49-51-53-55-57-59-61-63-65-67-69-71-73-75-77-79-81-83-85-87-89-91-93-95-97-99-101-103-105-107-109-111-113-115-117-116-114-112-110-108-106-104-102-100-98-96-94-92-90-88-86-84-82-80-78-76-74-72-70-68-66-64-62-60-58-56-54-52-50-48-46-44-42-40-38-36-34-32-30-28-26-24-22-20-18-16-14-12-10-8-6-4-2. The summed E-state index contributed by atoms with van der Waals surface area (Å²) in [5.74, 6) is 0. The first-order chi connectivity index (χ1) is 58.4. The number of hydrogen-bond acceptors (Lipinski definition) is 2.